The fraction of sp³-hybridized carbons (Fsp3) is 0.0769. The number of aromatic amines is 2. The zero-order valence-corrected chi connectivity index (χ0v) is 17.9. The van der Waals surface area contributed by atoms with Gasteiger partial charge >= 0.3 is 0 Å². The first kappa shape index (κ1) is 19.6. The third-order valence-corrected chi connectivity index (χ3v) is 5.60. The predicted molar refractivity (Wildman–Crippen MR) is 130 cm³/mol. The standard InChI is InChI=1S/C26H22N6/c1-4-6-16(3)18(5-2)22-12-20-25(15-29-22)31-32-26(20)23-11-19-21(13-28-14-24(19)30-23)17-7-9-27-10-8-17/h4-15,30H,1H2,2-3H3,(H,31,32)/b16-6-,18-5+. The summed E-state index contributed by atoms with van der Waals surface area (Å²) in [6.45, 7) is 7.88. The van der Waals surface area contributed by atoms with Gasteiger partial charge in [-0.05, 0) is 54.8 Å². The lowest BCUT2D eigenvalue weighted by Gasteiger charge is -2.07. The second kappa shape index (κ2) is 8.07. The van der Waals surface area contributed by atoms with Gasteiger partial charge in [-0.25, -0.2) is 0 Å². The van der Waals surface area contributed by atoms with Crippen molar-refractivity contribution in [2.24, 2.45) is 0 Å². The topological polar surface area (TPSA) is 83.1 Å². The van der Waals surface area contributed by atoms with Gasteiger partial charge in [-0.2, -0.15) is 5.10 Å². The average molecular weight is 419 g/mol. The highest BCUT2D eigenvalue weighted by molar-refractivity contribution is 6.01. The van der Waals surface area contributed by atoms with E-state index in [0.29, 0.717) is 0 Å². The van der Waals surface area contributed by atoms with Crippen LogP contribution in [0.25, 0.3) is 49.9 Å². The van der Waals surface area contributed by atoms with Crippen molar-refractivity contribution >= 4 is 27.4 Å². The molecule has 0 spiro atoms. The molecule has 0 aliphatic carbocycles. The van der Waals surface area contributed by atoms with Crippen molar-refractivity contribution in [2.45, 2.75) is 13.8 Å². The summed E-state index contributed by atoms with van der Waals surface area (Å²) < 4.78 is 0. The number of hydrogen-bond acceptors (Lipinski definition) is 4. The summed E-state index contributed by atoms with van der Waals surface area (Å²) >= 11 is 0. The van der Waals surface area contributed by atoms with Crippen molar-refractivity contribution < 1.29 is 0 Å². The van der Waals surface area contributed by atoms with Crippen LogP contribution in [0.2, 0.25) is 0 Å². The Morgan fingerprint density at radius 3 is 2.62 bits per heavy atom. The number of rotatable bonds is 5. The van der Waals surface area contributed by atoms with E-state index in [9.17, 15) is 0 Å². The molecule has 0 atom stereocenters. The number of H-pyrrole nitrogens is 2. The lowest BCUT2D eigenvalue weighted by Crippen LogP contribution is -1.91. The van der Waals surface area contributed by atoms with Gasteiger partial charge < -0.3 is 4.98 Å². The molecule has 0 saturated carbocycles. The van der Waals surface area contributed by atoms with Crippen LogP contribution in [0.4, 0.5) is 0 Å². The molecular formula is C26H22N6. The molecule has 5 rings (SSSR count). The van der Waals surface area contributed by atoms with Crippen LogP contribution in [0.1, 0.15) is 19.5 Å². The average Bonchev–Trinajstić information content (AvgIpc) is 3.44. The molecule has 2 N–H and O–H groups in total. The highest BCUT2D eigenvalue weighted by Gasteiger charge is 2.15. The first-order valence-corrected chi connectivity index (χ1v) is 10.4. The molecule has 6 nitrogen and oxygen atoms in total. The van der Waals surface area contributed by atoms with Crippen LogP contribution in [0.5, 0.6) is 0 Å². The molecule has 0 unspecified atom stereocenters. The molecule has 0 radical (unpaired) electrons. The van der Waals surface area contributed by atoms with Crippen molar-refractivity contribution in [3.8, 4) is 22.5 Å². The smallest absolute Gasteiger partial charge is 0.116 e. The largest absolute Gasteiger partial charge is 0.352 e. The maximum Gasteiger partial charge on any atom is 0.116 e. The van der Waals surface area contributed by atoms with E-state index in [1.807, 2.05) is 43.7 Å². The zero-order valence-electron chi connectivity index (χ0n) is 17.9. The predicted octanol–water partition coefficient (Wildman–Crippen LogP) is 6.10. The molecule has 5 aromatic rings. The summed E-state index contributed by atoms with van der Waals surface area (Å²) in [5.74, 6) is 0. The number of nitrogens with zero attached hydrogens (tertiary/aromatic N) is 4. The Labute approximate surface area is 185 Å². The molecule has 0 saturated heterocycles. The van der Waals surface area contributed by atoms with Crippen molar-refractivity contribution in [3.63, 3.8) is 0 Å². The van der Waals surface area contributed by atoms with E-state index in [2.05, 4.69) is 61.8 Å². The van der Waals surface area contributed by atoms with Crippen molar-refractivity contribution in [2.75, 3.05) is 0 Å². The van der Waals surface area contributed by atoms with Crippen LogP contribution in [-0.2, 0) is 0 Å². The fourth-order valence-corrected chi connectivity index (χ4v) is 4.05. The SMILES string of the molecule is C=C/C=C(C)\C(=C/C)c1cc2c(-c3cc4c(-c5ccncc5)cncc4[nH]3)n[nH]c2cn1. The third kappa shape index (κ3) is 3.32. The van der Waals surface area contributed by atoms with Crippen molar-refractivity contribution in [3.05, 3.63) is 91.3 Å². The fourth-order valence-electron chi connectivity index (χ4n) is 4.05. The van der Waals surface area contributed by atoms with Gasteiger partial charge in [0, 0.05) is 34.9 Å². The van der Waals surface area contributed by atoms with Crippen LogP contribution < -0.4 is 0 Å². The summed E-state index contributed by atoms with van der Waals surface area (Å²) in [7, 11) is 0. The van der Waals surface area contributed by atoms with Gasteiger partial charge in [0.2, 0.25) is 0 Å². The molecule has 0 aliphatic rings. The quantitative estimate of drug-likeness (QED) is 0.338. The summed E-state index contributed by atoms with van der Waals surface area (Å²) in [5.41, 5.74) is 8.81. The minimum absolute atomic E-state index is 0.848. The molecular weight excluding hydrogens is 396 g/mol. The number of allylic oxidation sites excluding steroid dienone is 5. The number of pyridine rings is 3. The van der Waals surface area contributed by atoms with Crippen LogP contribution >= 0.6 is 0 Å². The van der Waals surface area contributed by atoms with E-state index < -0.39 is 0 Å². The Hall–Kier alpha value is -4.32. The summed E-state index contributed by atoms with van der Waals surface area (Å²) in [6.07, 6.45) is 15.0. The Bertz CT molecular complexity index is 1500. The molecule has 156 valence electrons. The Morgan fingerprint density at radius 2 is 1.84 bits per heavy atom. The molecule has 6 heteroatoms. The second-order valence-electron chi connectivity index (χ2n) is 7.54. The maximum atomic E-state index is 4.64. The normalized spacial score (nSPS) is 12.6. The lowest BCUT2D eigenvalue weighted by molar-refractivity contribution is 1.11. The van der Waals surface area contributed by atoms with Gasteiger partial charge in [0.05, 0.1) is 34.8 Å². The summed E-state index contributed by atoms with van der Waals surface area (Å²) in [5, 5.41) is 9.80. The summed E-state index contributed by atoms with van der Waals surface area (Å²) in [4.78, 5) is 16.7. The monoisotopic (exact) mass is 418 g/mol. The molecule has 5 heterocycles. The number of aromatic nitrogens is 6. The number of fused-ring (bicyclic) bond motifs is 2. The van der Waals surface area contributed by atoms with Gasteiger partial charge in [0.25, 0.3) is 0 Å². The molecule has 0 aromatic carbocycles. The zero-order chi connectivity index (χ0) is 22.1. The van der Waals surface area contributed by atoms with Gasteiger partial charge in [-0.1, -0.05) is 24.8 Å². The number of nitrogens with one attached hydrogen (secondary N) is 2. The molecule has 0 fully saturated rings. The second-order valence-corrected chi connectivity index (χ2v) is 7.54. The van der Waals surface area contributed by atoms with E-state index in [4.69, 9.17) is 0 Å². The minimum Gasteiger partial charge on any atom is -0.352 e. The molecule has 32 heavy (non-hydrogen) atoms. The van der Waals surface area contributed by atoms with Gasteiger partial charge in [-0.15, -0.1) is 0 Å². The maximum absolute atomic E-state index is 4.64. The lowest BCUT2D eigenvalue weighted by atomic mass is 10.0. The number of hydrogen-bond donors (Lipinski definition) is 2. The van der Waals surface area contributed by atoms with Crippen molar-refractivity contribution in [1.82, 2.24) is 30.1 Å². The Balaban J connectivity index is 1.65. The molecule has 0 aliphatic heterocycles. The minimum atomic E-state index is 0.848. The van der Waals surface area contributed by atoms with Gasteiger partial charge in [-0.3, -0.25) is 20.1 Å². The van der Waals surface area contributed by atoms with Gasteiger partial charge in [0.15, 0.2) is 0 Å². The van der Waals surface area contributed by atoms with Crippen LogP contribution in [-0.4, -0.2) is 30.1 Å². The third-order valence-electron chi connectivity index (χ3n) is 5.60. The van der Waals surface area contributed by atoms with Crippen LogP contribution in [0.15, 0.2) is 85.6 Å². The first-order valence-electron chi connectivity index (χ1n) is 10.4. The van der Waals surface area contributed by atoms with Crippen LogP contribution in [0.3, 0.4) is 0 Å². The molecule has 0 amide bonds. The summed E-state index contributed by atoms with van der Waals surface area (Å²) in [6, 6.07) is 8.19. The van der Waals surface area contributed by atoms with Crippen LogP contribution in [0, 0.1) is 0 Å². The molecule has 0 bridgehead atoms. The first-order chi connectivity index (χ1) is 15.7. The molecule has 5 aromatic heterocycles. The Kier molecular flexibility index (Phi) is 4.95. The van der Waals surface area contributed by atoms with E-state index in [1.54, 1.807) is 18.5 Å². The van der Waals surface area contributed by atoms with E-state index >= 15 is 0 Å². The van der Waals surface area contributed by atoms with E-state index in [0.717, 1.165) is 61.2 Å². The Morgan fingerprint density at radius 1 is 1.00 bits per heavy atom. The van der Waals surface area contributed by atoms with E-state index in [1.165, 1.54) is 0 Å². The van der Waals surface area contributed by atoms with Gasteiger partial charge in [0.1, 0.15) is 5.69 Å². The van der Waals surface area contributed by atoms with Crippen molar-refractivity contribution in [1.29, 1.82) is 0 Å². The van der Waals surface area contributed by atoms with E-state index in [-0.39, 0.29) is 0 Å². The highest BCUT2D eigenvalue weighted by atomic mass is 15.1. The highest BCUT2D eigenvalue weighted by Crippen LogP contribution is 2.34.